The van der Waals surface area contributed by atoms with Gasteiger partial charge in [-0.25, -0.2) is 14.4 Å². The van der Waals surface area contributed by atoms with Crippen LogP contribution in [0.15, 0.2) is 97.1 Å². The van der Waals surface area contributed by atoms with Gasteiger partial charge in [0.15, 0.2) is 0 Å². The van der Waals surface area contributed by atoms with E-state index in [9.17, 15) is 14.4 Å². The number of alkyl carbamates (subject to hydrolysis) is 1. The highest BCUT2D eigenvalue weighted by atomic mass is 16.6. The van der Waals surface area contributed by atoms with Crippen LogP contribution < -0.4 is 10.1 Å². The second kappa shape index (κ2) is 13.0. The molecule has 0 heterocycles. The summed E-state index contributed by atoms with van der Waals surface area (Å²) in [4.78, 5) is 37.5. The first kappa shape index (κ1) is 30.4. The summed E-state index contributed by atoms with van der Waals surface area (Å²) in [6, 6.07) is 28.5. The highest BCUT2D eigenvalue weighted by Crippen LogP contribution is 2.44. The molecule has 226 valence electrons. The molecule has 8 heteroatoms. The number of carboxylic acids is 1. The molecule has 0 bridgehead atoms. The SMILES string of the molecule is CC(C)(C)Oc1ccc(C[C@H](NC(=O)OCC2c3ccccc3-c3ccccc32)C(=O)OCc2ccc(C(=O)O)cc2)cc1. The molecule has 4 aromatic rings. The molecule has 2 N–H and O–H groups in total. The van der Waals surface area contributed by atoms with Crippen LogP contribution >= 0.6 is 0 Å². The Morgan fingerprint density at radius 2 is 1.34 bits per heavy atom. The van der Waals surface area contributed by atoms with Gasteiger partial charge in [-0.15, -0.1) is 0 Å². The number of aromatic carboxylic acids is 1. The average molecular weight is 594 g/mol. The number of esters is 1. The molecule has 0 radical (unpaired) electrons. The van der Waals surface area contributed by atoms with Crippen molar-refractivity contribution in [3.8, 4) is 16.9 Å². The lowest BCUT2D eigenvalue weighted by atomic mass is 9.98. The molecule has 0 aromatic heterocycles. The number of carbonyl (C=O) groups is 3. The van der Waals surface area contributed by atoms with Crippen molar-refractivity contribution in [2.75, 3.05) is 6.61 Å². The molecule has 44 heavy (non-hydrogen) atoms. The molecule has 0 saturated heterocycles. The lowest BCUT2D eigenvalue weighted by Gasteiger charge is -2.22. The van der Waals surface area contributed by atoms with Crippen LogP contribution in [0.5, 0.6) is 5.75 Å². The van der Waals surface area contributed by atoms with E-state index in [2.05, 4.69) is 17.4 Å². The van der Waals surface area contributed by atoms with Crippen LogP contribution in [0.3, 0.4) is 0 Å². The Bertz CT molecular complexity index is 1590. The number of fused-ring (bicyclic) bond motifs is 3. The van der Waals surface area contributed by atoms with E-state index in [1.807, 2.05) is 81.4 Å². The molecule has 0 unspecified atom stereocenters. The van der Waals surface area contributed by atoms with Crippen molar-refractivity contribution in [3.63, 3.8) is 0 Å². The third-order valence-corrected chi connectivity index (χ3v) is 7.29. The summed E-state index contributed by atoms with van der Waals surface area (Å²) in [6.45, 7) is 5.90. The number of amides is 1. The number of carbonyl (C=O) groups excluding carboxylic acids is 2. The predicted octanol–water partition coefficient (Wildman–Crippen LogP) is 6.76. The quantitative estimate of drug-likeness (QED) is 0.196. The number of nitrogens with one attached hydrogen (secondary N) is 1. The normalized spacial score (nSPS) is 12.9. The third-order valence-electron chi connectivity index (χ3n) is 7.29. The fourth-order valence-corrected chi connectivity index (χ4v) is 5.26. The average Bonchev–Trinajstić information content (AvgIpc) is 3.32. The number of hydrogen-bond acceptors (Lipinski definition) is 6. The first-order valence-electron chi connectivity index (χ1n) is 14.5. The molecular weight excluding hydrogens is 558 g/mol. The minimum absolute atomic E-state index is 0.0834. The maximum atomic E-state index is 13.3. The Hall–Kier alpha value is -5.11. The summed E-state index contributed by atoms with van der Waals surface area (Å²) < 4.78 is 17.1. The van der Waals surface area contributed by atoms with Crippen molar-refractivity contribution in [3.05, 3.63) is 125 Å². The van der Waals surface area contributed by atoms with Crippen LogP contribution in [0.4, 0.5) is 4.79 Å². The van der Waals surface area contributed by atoms with Gasteiger partial charge >= 0.3 is 18.0 Å². The molecule has 1 aliphatic rings. The number of carboxylic acid groups (broad SMARTS) is 1. The maximum Gasteiger partial charge on any atom is 0.407 e. The molecule has 1 atom stereocenters. The van der Waals surface area contributed by atoms with Crippen molar-refractivity contribution in [1.82, 2.24) is 5.32 Å². The zero-order valence-electron chi connectivity index (χ0n) is 24.9. The summed E-state index contributed by atoms with van der Waals surface area (Å²) in [5.74, 6) is -1.12. The van der Waals surface area contributed by atoms with Crippen molar-refractivity contribution >= 4 is 18.0 Å². The molecule has 8 nitrogen and oxygen atoms in total. The van der Waals surface area contributed by atoms with E-state index in [-0.39, 0.29) is 36.7 Å². The van der Waals surface area contributed by atoms with Crippen LogP contribution in [-0.2, 0) is 27.3 Å². The van der Waals surface area contributed by atoms with Gasteiger partial charge in [-0.2, -0.15) is 0 Å². The van der Waals surface area contributed by atoms with Crippen LogP contribution in [0.25, 0.3) is 11.1 Å². The van der Waals surface area contributed by atoms with Crippen molar-refractivity contribution < 1.29 is 33.7 Å². The Kier molecular flexibility index (Phi) is 8.99. The highest BCUT2D eigenvalue weighted by Gasteiger charge is 2.30. The second-order valence-corrected chi connectivity index (χ2v) is 11.7. The molecular formula is C36H35NO7. The minimum atomic E-state index is -1.04. The standard InChI is InChI=1S/C36H35NO7/c1-36(2,3)44-26-18-14-23(15-19-26)20-32(34(40)42-21-24-12-16-25(17-13-24)33(38)39)37-35(41)43-22-31-29-10-6-4-8-27(29)28-9-5-7-11-30(28)31/h4-19,31-32H,20-22H2,1-3H3,(H,37,41)(H,38,39)/t32-/m0/s1. The number of rotatable bonds is 10. The number of ether oxygens (including phenoxy) is 3. The Balaban J connectivity index is 1.27. The van der Waals surface area contributed by atoms with E-state index in [4.69, 9.17) is 19.3 Å². The van der Waals surface area contributed by atoms with Gasteiger partial charge in [-0.3, -0.25) is 0 Å². The summed E-state index contributed by atoms with van der Waals surface area (Å²) in [5, 5.41) is 11.8. The fraction of sp³-hybridized carbons (Fsp3) is 0.250. The number of benzene rings is 4. The molecule has 0 saturated carbocycles. The summed E-state index contributed by atoms with van der Waals surface area (Å²) in [7, 11) is 0. The Morgan fingerprint density at radius 1 is 0.773 bits per heavy atom. The van der Waals surface area contributed by atoms with Crippen LogP contribution in [0.1, 0.15) is 59.3 Å². The minimum Gasteiger partial charge on any atom is -0.488 e. The van der Waals surface area contributed by atoms with Gasteiger partial charge in [0.1, 0.15) is 30.6 Å². The van der Waals surface area contributed by atoms with E-state index in [1.165, 1.54) is 12.1 Å². The van der Waals surface area contributed by atoms with Gasteiger partial charge in [0.2, 0.25) is 0 Å². The van der Waals surface area contributed by atoms with E-state index in [0.29, 0.717) is 11.3 Å². The van der Waals surface area contributed by atoms with Gasteiger partial charge in [0, 0.05) is 12.3 Å². The summed E-state index contributed by atoms with van der Waals surface area (Å²) >= 11 is 0. The molecule has 5 rings (SSSR count). The Labute approximate surface area is 256 Å². The van der Waals surface area contributed by atoms with E-state index >= 15 is 0 Å². The fourth-order valence-electron chi connectivity index (χ4n) is 5.26. The first-order chi connectivity index (χ1) is 21.1. The smallest absolute Gasteiger partial charge is 0.407 e. The largest absolute Gasteiger partial charge is 0.488 e. The topological polar surface area (TPSA) is 111 Å². The second-order valence-electron chi connectivity index (χ2n) is 11.7. The van der Waals surface area contributed by atoms with Crippen molar-refractivity contribution in [2.45, 2.75) is 51.4 Å². The lowest BCUT2D eigenvalue weighted by Crippen LogP contribution is -2.43. The molecule has 1 aliphatic carbocycles. The van der Waals surface area contributed by atoms with Crippen LogP contribution in [-0.4, -0.2) is 41.4 Å². The van der Waals surface area contributed by atoms with E-state index < -0.39 is 24.1 Å². The third kappa shape index (κ3) is 7.45. The van der Waals surface area contributed by atoms with Gasteiger partial charge in [0.25, 0.3) is 0 Å². The predicted molar refractivity (Wildman–Crippen MR) is 166 cm³/mol. The van der Waals surface area contributed by atoms with E-state index in [1.54, 1.807) is 12.1 Å². The molecule has 0 fully saturated rings. The lowest BCUT2D eigenvalue weighted by molar-refractivity contribution is -0.147. The Morgan fingerprint density at radius 3 is 1.91 bits per heavy atom. The molecule has 0 aliphatic heterocycles. The maximum absolute atomic E-state index is 13.3. The zero-order chi connectivity index (χ0) is 31.3. The van der Waals surface area contributed by atoms with Crippen molar-refractivity contribution in [2.24, 2.45) is 0 Å². The summed E-state index contributed by atoms with van der Waals surface area (Å²) in [5.41, 5.74) is 5.59. The zero-order valence-corrected chi connectivity index (χ0v) is 24.9. The first-order valence-corrected chi connectivity index (χ1v) is 14.5. The molecule has 4 aromatic carbocycles. The highest BCUT2D eigenvalue weighted by molar-refractivity contribution is 5.87. The van der Waals surface area contributed by atoms with Crippen LogP contribution in [0, 0.1) is 0 Å². The number of hydrogen-bond donors (Lipinski definition) is 2. The monoisotopic (exact) mass is 593 g/mol. The van der Waals surface area contributed by atoms with Gasteiger partial charge in [-0.1, -0.05) is 72.8 Å². The summed E-state index contributed by atoms with van der Waals surface area (Å²) in [6.07, 6.45) is -0.566. The van der Waals surface area contributed by atoms with Crippen LogP contribution in [0.2, 0.25) is 0 Å². The molecule has 0 spiro atoms. The van der Waals surface area contributed by atoms with Crippen molar-refractivity contribution in [1.29, 1.82) is 0 Å². The van der Waals surface area contributed by atoms with Gasteiger partial charge in [-0.05, 0) is 78.4 Å². The van der Waals surface area contributed by atoms with Gasteiger partial charge in [0.05, 0.1) is 5.56 Å². The van der Waals surface area contributed by atoms with Gasteiger partial charge < -0.3 is 24.6 Å². The van der Waals surface area contributed by atoms with E-state index in [0.717, 1.165) is 27.8 Å². The molecule has 1 amide bonds.